The summed E-state index contributed by atoms with van der Waals surface area (Å²) in [5.41, 5.74) is 1.95. The Labute approximate surface area is 120 Å². The van der Waals surface area contributed by atoms with Gasteiger partial charge < -0.3 is 10.2 Å². The summed E-state index contributed by atoms with van der Waals surface area (Å²) in [5, 5.41) is 3.28. The van der Waals surface area contributed by atoms with Gasteiger partial charge in [0.2, 0.25) is 0 Å². The van der Waals surface area contributed by atoms with Crippen LogP contribution in [0.3, 0.4) is 0 Å². The quantitative estimate of drug-likeness (QED) is 0.777. The second kappa shape index (κ2) is 7.65. The molecule has 0 aliphatic heterocycles. The molecular formula is C17H21FN2. The van der Waals surface area contributed by atoms with Crippen molar-refractivity contribution in [3.63, 3.8) is 0 Å². The van der Waals surface area contributed by atoms with Gasteiger partial charge in [-0.25, -0.2) is 4.39 Å². The van der Waals surface area contributed by atoms with Crippen molar-refractivity contribution in [3.05, 3.63) is 66.0 Å². The molecule has 0 heterocycles. The maximum atomic E-state index is 13.4. The van der Waals surface area contributed by atoms with Gasteiger partial charge >= 0.3 is 0 Å². The highest BCUT2D eigenvalue weighted by Gasteiger charge is 2.01. The molecule has 3 heteroatoms. The van der Waals surface area contributed by atoms with E-state index in [0.717, 1.165) is 25.1 Å². The van der Waals surface area contributed by atoms with E-state index >= 15 is 0 Å². The van der Waals surface area contributed by atoms with Crippen LogP contribution in [0.4, 0.5) is 10.1 Å². The van der Waals surface area contributed by atoms with Crippen LogP contribution in [0.2, 0.25) is 0 Å². The van der Waals surface area contributed by atoms with E-state index in [9.17, 15) is 4.39 Å². The number of rotatable bonds is 7. The molecule has 0 unspecified atom stereocenters. The molecule has 0 fully saturated rings. The summed E-state index contributed by atoms with van der Waals surface area (Å²) in [5.74, 6) is -0.138. The fourth-order valence-electron chi connectivity index (χ4n) is 2.12. The Morgan fingerprint density at radius 1 is 1.00 bits per heavy atom. The number of benzene rings is 2. The van der Waals surface area contributed by atoms with E-state index in [2.05, 4.69) is 29.4 Å². The summed E-state index contributed by atoms with van der Waals surface area (Å²) in [6.07, 6.45) is 1.03. The second-order valence-corrected chi connectivity index (χ2v) is 4.88. The van der Waals surface area contributed by atoms with Gasteiger partial charge in [0.1, 0.15) is 5.82 Å². The first-order valence-corrected chi connectivity index (χ1v) is 6.97. The molecule has 0 radical (unpaired) electrons. The molecular weight excluding hydrogens is 251 g/mol. The summed E-state index contributed by atoms with van der Waals surface area (Å²) >= 11 is 0. The first-order valence-electron chi connectivity index (χ1n) is 6.97. The number of anilines is 1. The van der Waals surface area contributed by atoms with Crippen LogP contribution in [0.5, 0.6) is 0 Å². The van der Waals surface area contributed by atoms with E-state index in [-0.39, 0.29) is 5.82 Å². The van der Waals surface area contributed by atoms with Gasteiger partial charge in [-0.2, -0.15) is 0 Å². The lowest BCUT2D eigenvalue weighted by molar-refractivity contribution is 0.581. The minimum Gasteiger partial charge on any atom is -0.375 e. The van der Waals surface area contributed by atoms with Gasteiger partial charge in [-0.1, -0.05) is 36.4 Å². The predicted octanol–water partition coefficient (Wildman–Crippen LogP) is 3.44. The Balaban J connectivity index is 1.66. The zero-order valence-electron chi connectivity index (χ0n) is 11.8. The highest BCUT2D eigenvalue weighted by molar-refractivity contribution is 5.44. The van der Waals surface area contributed by atoms with Crippen LogP contribution < -0.4 is 10.2 Å². The third-order valence-corrected chi connectivity index (χ3v) is 3.32. The topological polar surface area (TPSA) is 15.3 Å². The molecule has 2 aromatic carbocycles. The lowest BCUT2D eigenvalue weighted by Gasteiger charge is -2.19. The normalized spacial score (nSPS) is 10.5. The SMILES string of the molecule is CN(CCCNCc1ccccc1F)c1ccccc1. The first-order chi connectivity index (χ1) is 9.77. The molecule has 0 spiro atoms. The number of hydrogen-bond acceptors (Lipinski definition) is 2. The van der Waals surface area contributed by atoms with E-state index in [1.807, 2.05) is 30.3 Å². The zero-order valence-corrected chi connectivity index (χ0v) is 11.8. The van der Waals surface area contributed by atoms with Crippen LogP contribution >= 0.6 is 0 Å². The van der Waals surface area contributed by atoms with Gasteiger partial charge in [0.05, 0.1) is 0 Å². The largest absolute Gasteiger partial charge is 0.375 e. The van der Waals surface area contributed by atoms with Crippen LogP contribution in [0.15, 0.2) is 54.6 Å². The molecule has 2 nitrogen and oxygen atoms in total. The molecule has 0 aliphatic rings. The Morgan fingerprint density at radius 2 is 1.70 bits per heavy atom. The van der Waals surface area contributed by atoms with Crippen molar-refractivity contribution in [3.8, 4) is 0 Å². The number of nitrogens with one attached hydrogen (secondary N) is 1. The maximum absolute atomic E-state index is 13.4. The number of para-hydroxylation sites is 1. The third-order valence-electron chi connectivity index (χ3n) is 3.32. The van der Waals surface area contributed by atoms with Crippen molar-refractivity contribution < 1.29 is 4.39 Å². The van der Waals surface area contributed by atoms with Gasteiger partial charge in [-0.3, -0.25) is 0 Å². The molecule has 0 aromatic heterocycles. The number of hydrogen-bond donors (Lipinski definition) is 1. The molecule has 2 rings (SSSR count). The number of nitrogens with zero attached hydrogens (tertiary/aromatic N) is 1. The maximum Gasteiger partial charge on any atom is 0.127 e. The third kappa shape index (κ3) is 4.35. The van der Waals surface area contributed by atoms with E-state index in [1.54, 1.807) is 6.07 Å². The molecule has 2 aromatic rings. The van der Waals surface area contributed by atoms with Crippen molar-refractivity contribution in [2.75, 3.05) is 25.0 Å². The molecule has 0 aliphatic carbocycles. The van der Waals surface area contributed by atoms with Crippen molar-refractivity contribution in [1.82, 2.24) is 5.32 Å². The van der Waals surface area contributed by atoms with Crippen molar-refractivity contribution >= 4 is 5.69 Å². The predicted molar refractivity (Wildman–Crippen MR) is 82.4 cm³/mol. The molecule has 0 saturated carbocycles. The van der Waals surface area contributed by atoms with Crippen molar-refractivity contribution in [2.24, 2.45) is 0 Å². The lowest BCUT2D eigenvalue weighted by atomic mass is 10.2. The fraction of sp³-hybridized carbons (Fsp3) is 0.294. The smallest absolute Gasteiger partial charge is 0.127 e. The molecule has 1 N–H and O–H groups in total. The summed E-state index contributed by atoms with van der Waals surface area (Å²) in [4.78, 5) is 2.23. The van der Waals surface area contributed by atoms with Gasteiger partial charge in [-0.05, 0) is 31.2 Å². The van der Waals surface area contributed by atoms with Crippen LogP contribution in [-0.2, 0) is 6.54 Å². The number of halogens is 1. The van der Waals surface area contributed by atoms with Gasteiger partial charge in [-0.15, -0.1) is 0 Å². The summed E-state index contributed by atoms with van der Waals surface area (Å²) in [7, 11) is 2.09. The zero-order chi connectivity index (χ0) is 14.2. The van der Waals surface area contributed by atoms with E-state index < -0.39 is 0 Å². The van der Waals surface area contributed by atoms with Crippen molar-refractivity contribution in [2.45, 2.75) is 13.0 Å². The second-order valence-electron chi connectivity index (χ2n) is 4.88. The van der Waals surface area contributed by atoms with Crippen LogP contribution in [0, 0.1) is 5.82 Å². The van der Waals surface area contributed by atoms with E-state index in [1.165, 1.54) is 11.8 Å². The van der Waals surface area contributed by atoms with Gasteiger partial charge in [0.25, 0.3) is 0 Å². The molecule has 0 saturated heterocycles. The Morgan fingerprint density at radius 3 is 2.45 bits per heavy atom. The van der Waals surface area contributed by atoms with E-state index in [4.69, 9.17) is 0 Å². The summed E-state index contributed by atoms with van der Waals surface area (Å²) in [6, 6.07) is 17.2. The van der Waals surface area contributed by atoms with Crippen molar-refractivity contribution in [1.29, 1.82) is 0 Å². The van der Waals surface area contributed by atoms with E-state index in [0.29, 0.717) is 6.54 Å². The highest BCUT2D eigenvalue weighted by atomic mass is 19.1. The standard InChI is InChI=1S/C17H21FN2/c1-20(16-9-3-2-4-10-16)13-7-12-19-14-15-8-5-6-11-17(15)18/h2-6,8-11,19H,7,12-14H2,1H3. The average Bonchev–Trinajstić information content (AvgIpc) is 2.49. The highest BCUT2D eigenvalue weighted by Crippen LogP contribution is 2.10. The Hall–Kier alpha value is -1.87. The molecule has 0 bridgehead atoms. The molecule has 0 amide bonds. The van der Waals surface area contributed by atoms with Gasteiger partial charge in [0, 0.05) is 31.4 Å². The summed E-state index contributed by atoms with van der Waals surface area (Å²) < 4.78 is 13.4. The van der Waals surface area contributed by atoms with Gasteiger partial charge in [0.15, 0.2) is 0 Å². The monoisotopic (exact) mass is 272 g/mol. The van der Waals surface area contributed by atoms with Crippen LogP contribution in [-0.4, -0.2) is 20.1 Å². The minimum atomic E-state index is -0.138. The molecule has 106 valence electrons. The van der Waals surface area contributed by atoms with Crippen LogP contribution in [0.25, 0.3) is 0 Å². The molecule has 20 heavy (non-hydrogen) atoms. The van der Waals surface area contributed by atoms with Crippen LogP contribution in [0.1, 0.15) is 12.0 Å². The fourth-order valence-corrected chi connectivity index (χ4v) is 2.12. The Kier molecular flexibility index (Phi) is 5.56. The summed E-state index contributed by atoms with van der Waals surface area (Å²) in [6.45, 7) is 2.45. The average molecular weight is 272 g/mol. The minimum absolute atomic E-state index is 0.138. The first kappa shape index (κ1) is 14.5. The lowest BCUT2D eigenvalue weighted by Crippen LogP contribution is -2.23. The molecule has 0 atom stereocenters. The Bertz CT molecular complexity index is 513.